The lowest BCUT2D eigenvalue weighted by Crippen LogP contribution is -2.21. The maximum absolute atomic E-state index is 12.5. The molecule has 0 saturated carbocycles. The Bertz CT molecular complexity index is 638. The Kier molecular flexibility index (Phi) is 6.01. The highest BCUT2D eigenvalue weighted by Crippen LogP contribution is 2.29. The quantitative estimate of drug-likeness (QED) is 0.836. The maximum Gasteiger partial charge on any atom is 0.416 e. The van der Waals surface area contributed by atoms with Crippen molar-refractivity contribution in [2.45, 2.75) is 45.2 Å². The van der Waals surface area contributed by atoms with E-state index in [0.29, 0.717) is 24.5 Å². The van der Waals surface area contributed by atoms with Gasteiger partial charge in [-0.3, -0.25) is 0 Å². The number of halogens is 3. The van der Waals surface area contributed by atoms with Crippen molar-refractivity contribution < 1.29 is 23.0 Å². The summed E-state index contributed by atoms with van der Waals surface area (Å²) in [6.07, 6.45) is -1.63. The van der Waals surface area contributed by atoms with Crippen molar-refractivity contribution >= 4 is 0 Å². The molecule has 2 aromatic rings. The zero-order valence-electron chi connectivity index (χ0n) is 13.6. The van der Waals surface area contributed by atoms with E-state index < -0.39 is 17.8 Å². The van der Waals surface area contributed by atoms with E-state index in [1.807, 2.05) is 13.8 Å². The van der Waals surface area contributed by atoms with E-state index in [1.54, 1.807) is 17.0 Å². The van der Waals surface area contributed by atoms with E-state index >= 15 is 0 Å². The molecule has 2 unspecified atom stereocenters. The molecule has 0 spiro atoms. The molecule has 0 radical (unpaired) electrons. The van der Waals surface area contributed by atoms with Crippen LogP contribution in [0.2, 0.25) is 0 Å². The molecule has 0 aliphatic rings. The Morgan fingerprint density at radius 2 is 1.92 bits per heavy atom. The highest BCUT2D eigenvalue weighted by atomic mass is 19.4. The average Bonchev–Trinajstić information content (AvgIpc) is 2.95. The first-order valence-electron chi connectivity index (χ1n) is 7.78. The first-order chi connectivity index (χ1) is 11.3. The molecule has 0 aliphatic carbocycles. The van der Waals surface area contributed by atoms with Gasteiger partial charge in [0.15, 0.2) is 0 Å². The van der Waals surface area contributed by atoms with Crippen LogP contribution in [0.1, 0.15) is 36.9 Å². The van der Waals surface area contributed by atoms with Crippen LogP contribution in [0.15, 0.2) is 36.7 Å². The Balaban J connectivity index is 1.99. The number of ether oxygens (including phenoxy) is 1. The van der Waals surface area contributed by atoms with Gasteiger partial charge in [0.2, 0.25) is 0 Å². The topological polar surface area (TPSA) is 47.3 Å². The highest BCUT2D eigenvalue weighted by molar-refractivity contribution is 5.25. The van der Waals surface area contributed by atoms with Crippen LogP contribution in [0, 0.1) is 0 Å². The molecule has 4 nitrogen and oxygen atoms in total. The maximum atomic E-state index is 12.5. The SMILES string of the molecule is CCOC(C)c1nccn1CC(O)Cc1ccc(C(F)(F)F)cc1. The number of rotatable bonds is 7. The van der Waals surface area contributed by atoms with Crippen LogP contribution in [0.25, 0.3) is 0 Å². The number of benzene rings is 1. The van der Waals surface area contributed by atoms with Crippen molar-refractivity contribution in [2.75, 3.05) is 6.61 Å². The van der Waals surface area contributed by atoms with Gasteiger partial charge < -0.3 is 14.4 Å². The van der Waals surface area contributed by atoms with Gasteiger partial charge in [0.25, 0.3) is 0 Å². The van der Waals surface area contributed by atoms with E-state index in [0.717, 1.165) is 12.1 Å². The fourth-order valence-electron chi connectivity index (χ4n) is 2.55. The summed E-state index contributed by atoms with van der Waals surface area (Å²) in [6, 6.07) is 4.84. The molecule has 2 rings (SSSR count). The lowest BCUT2D eigenvalue weighted by atomic mass is 10.1. The molecular formula is C17H21F3N2O2. The van der Waals surface area contributed by atoms with Gasteiger partial charge in [-0.2, -0.15) is 13.2 Å². The summed E-state index contributed by atoms with van der Waals surface area (Å²) >= 11 is 0. The highest BCUT2D eigenvalue weighted by Gasteiger charge is 2.30. The van der Waals surface area contributed by atoms with Crippen molar-refractivity contribution in [1.29, 1.82) is 0 Å². The van der Waals surface area contributed by atoms with Crippen LogP contribution in [0.5, 0.6) is 0 Å². The standard InChI is InChI=1S/C17H21F3N2O2/c1-3-24-12(2)16-21-8-9-22(16)11-15(23)10-13-4-6-14(7-5-13)17(18,19)20/h4-9,12,15,23H,3,10-11H2,1-2H3. The molecule has 24 heavy (non-hydrogen) atoms. The van der Waals surface area contributed by atoms with Gasteiger partial charge >= 0.3 is 6.18 Å². The van der Waals surface area contributed by atoms with Gasteiger partial charge in [-0.25, -0.2) is 4.98 Å². The minimum absolute atomic E-state index is 0.191. The number of aliphatic hydroxyl groups is 1. The third kappa shape index (κ3) is 4.82. The number of nitrogens with zero attached hydrogens (tertiary/aromatic N) is 2. The number of aromatic nitrogens is 2. The van der Waals surface area contributed by atoms with Crippen molar-refractivity contribution in [3.8, 4) is 0 Å². The third-order valence-corrected chi connectivity index (χ3v) is 3.69. The zero-order valence-corrected chi connectivity index (χ0v) is 13.6. The van der Waals surface area contributed by atoms with Gasteiger partial charge in [-0.1, -0.05) is 12.1 Å². The largest absolute Gasteiger partial charge is 0.416 e. The molecular weight excluding hydrogens is 321 g/mol. The summed E-state index contributed by atoms with van der Waals surface area (Å²) in [6.45, 7) is 4.63. The summed E-state index contributed by atoms with van der Waals surface area (Å²) in [5.74, 6) is 0.711. The Morgan fingerprint density at radius 1 is 1.25 bits per heavy atom. The Hall–Kier alpha value is -1.86. The monoisotopic (exact) mass is 342 g/mol. The predicted molar refractivity (Wildman–Crippen MR) is 83.4 cm³/mol. The molecule has 0 bridgehead atoms. The number of imidazole rings is 1. The van der Waals surface area contributed by atoms with Crippen molar-refractivity contribution in [3.05, 3.63) is 53.6 Å². The smallest absolute Gasteiger partial charge is 0.391 e. The van der Waals surface area contributed by atoms with Crippen LogP contribution in [-0.2, 0) is 23.9 Å². The molecule has 1 aromatic heterocycles. The predicted octanol–water partition coefficient (Wildman–Crippen LogP) is 3.60. The fourth-order valence-corrected chi connectivity index (χ4v) is 2.55. The number of aliphatic hydroxyl groups excluding tert-OH is 1. The second kappa shape index (κ2) is 7.81. The van der Waals surface area contributed by atoms with Gasteiger partial charge in [-0.05, 0) is 31.5 Å². The van der Waals surface area contributed by atoms with Crippen LogP contribution < -0.4 is 0 Å². The summed E-state index contributed by atoms with van der Waals surface area (Å²) in [4.78, 5) is 4.24. The normalized spacial score (nSPS) is 14.6. The van der Waals surface area contributed by atoms with Crippen LogP contribution in [0.3, 0.4) is 0 Å². The van der Waals surface area contributed by atoms with Crippen molar-refractivity contribution in [2.24, 2.45) is 0 Å². The van der Waals surface area contributed by atoms with E-state index in [1.165, 1.54) is 12.1 Å². The summed E-state index contributed by atoms with van der Waals surface area (Å²) in [5.41, 5.74) is -0.0433. The van der Waals surface area contributed by atoms with Crippen molar-refractivity contribution in [1.82, 2.24) is 9.55 Å². The molecule has 2 atom stereocenters. The Morgan fingerprint density at radius 3 is 2.50 bits per heavy atom. The van der Waals surface area contributed by atoms with E-state index in [9.17, 15) is 18.3 Å². The first kappa shape index (κ1) is 18.5. The van der Waals surface area contributed by atoms with Crippen LogP contribution >= 0.6 is 0 Å². The molecule has 0 aliphatic heterocycles. The third-order valence-electron chi connectivity index (χ3n) is 3.69. The number of alkyl halides is 3. The minimum atomic E-state index is -4.35. The van der Waals surface area contributed by atoms with E-state index in [-0.39, 0.29) is 12.5 Å². The molecule has 0 fully saturated rings. The van der Waals surface area contributed by atoms with Gasteiger partial charge in [0, 0.05) is 25.4 Å². The van der Waals surface area contributed by atoms with Crippen molar-refractivity contribution in [3.63, 3.8) is 0 Å². The average molecular weight is 342 g/mol. The molecule has 132 valence electrons. The number of hydrogen-bond acceptors (Lipinski definition) is 3. The lowest BCUT2D eigenvalue weighted by Gasteiger charge is -2.17. The van der Waals surface area contributed by atoms with E-state index in [2.05, 4.69) is 4.98 Å². The summed E-state index contributed by atoms with van der Waals surface area (Å²) in [7, 11) is 0. The molecule has 0 amide bonds. The van der Waals surface area contributed by atoms with Gasteiger partial charge in [0.1, 0.15) is 11.9 Å². The second-order valence-electron chi connectivity index (χ2n) is 5.59. The number of hydrogen-bond donors (Lipinski definition) is 1. The zero-order chi connectivity index (χ0) is 17.7. The fraction of sp³-hybridized carbons (Fsp3) is 0.471. The molecule has 1 aromatic carbocycles. The van der Waals surface area contributed by atoms with Crippen LogP contribution in [0.4, 0.5) is 13.2 Å². The summed E-state index contributed by atoms with van der Waals surface area (Å²) < 4.78 is 44.9. The van der Waals surface area contributed by atoms with Gasteiger partial charge in [0.05, 0.1) is 18.2 Å². The van der Waals surface area contributed by atoms with Crippen LogP contribution in [-0.4, -0.2) is 27.4 Å². The lowest BCUT2D eigenvalue weighted by molar-refractivity contribution is -0.137. The van der Waals surface area contributed by atoms with Gasteiger partial charge in [-0.15, -0.1) is 0 Å². The molecule has 7 heteroatoms. The van der Waals surface area contributed by atoms with E-state index in [4.69, 9.17) is 4.74 Å². The summed E-state index contributed by atoms with van der Waals surface area (Å²) in [5, 5.41) is 10.2. The second-order valence-corrected chi connectivity index (χ2v) is 5.59. The molecule has 1 heterocycles. The minimum Gasteiger partial charge on any atom is -0.391 e. The molecule has 0 saturated heterocycles. The Labute approximate surface area is 138 Å². The molecule has 1 N–H and O–H groups in total. The first-order valence-corrected chi connectivity index (χ1v) is 7.78.